The normalized spacial score (nSPS) is 34.4. The van der Waals surface area contributed by atoms with Gasteiger partial charge in [-0.2, -0.15) is 0 Å². The monoisotopic (exact) mass is 145 g/mol. The average molecular weight is 145 g/mol. The minimum absolute atomic E-state index is 0.131. The molecule has 1 unspecified atom stereocenters. The number of quaternary nitrogens is 1. The van der Waals surface area contributed by atoms with Crippen LogP contribution >= 0.6 is 0 Å². The van der Waals surface area contributed by atoms with Crippen molar-refractivity contribution in [3.63, 3.8) is 0 Å². The highest BCUT2D eigenvalue weighted by molar-refractivity contribution is 5.71. The number of piperazine rings is 1. The molecule has 58 valence electrons. The Hall–Kier alpha value is -0.450. The molecule has 0 bridgehead atoms. The molecule has 0 saturated carbocycles. The van der Waals surface area contributed by atoms with Crippen molar-refractivity contribution in [2.45, 2.75) is 6.92 Å². The Morgan fingerprint density at radius 1 is 1.80 bits per heavy atom. The fraction of sp³-hybridized carbons (Fsp3) is 0.833. The van der Waals surface area contributed by atoms with Gasteiger partial charge in [-0.3, -0.25) is 5.32 Å². The predicted octanol–water partition coefficient (Wildman–Crippen LogP) is -0.658. The summed E-state index contributed by atoms with van der Waals surface area (Å²) in [5.74, 6) is -0.131. The van der Waals surface area contributed by atoms with Crippen LogP contribution in [0.1, 0.15) is 6.92 Å². The maximum atomic E-state index is 11.0. The number of hydroxylamine groups is 3. The summed E-state index contributed by atoms with van der Waals surface area (Å²) >= 11 is 0. The first-order valence-electron chi connectivity index (χ1n) is 3.53. The maximum absolute atomic E-state index is 11.0. The minimum atomic E-state index is -0.396. The van der Waals surface area contributed by atoms with Gasteiger partial charge in [0, 0.05) is 6.54 Å². The van der Waals surface area contributed by atoms with Crippen LogP contribution in [0, 0.1) is 0 Å². The Morgan fingerprint density at radius 2 is 2.50 bits per heavy atom. The summed E-state index contributed by atoms with van der Waals surface area (Å²) in [6.45, 7) is 3.79. The van der Waals surface area contributed by atoms with Crippen LogP contribution in [-0.4, -0.2) is 41.9 Å². The average Bonchev–Trinajstić information content (AvgIpc) is 1.96. The van der Waals surface area contributed by atoms with E-state index in [1.54, 1.807) is 0 Å². The van der Waals surface area contributed by atoms with Crippen LogP contribution in [0.3, 0.4) is 0 Å². The van der Waals surface area contributed by atoms with E-state index in [-0.39, 0.29) is 5.91 Å². The Labute approximate surface area is 60.0 Å². The molecular weight excluding hydrogens is 132 g/mol. The van der Waals surface area contributed by atoms with Gasteiger partial charge in [0.1, 0.15) is 19.6 Å². The number of carbonyl (C=O) groups excluding carboxylic acids is 1. The summed E-state index contributed by atoms with van der Waals surface area (Å²) in [5, 5.41) is 12.4. The van der Waals surface area contributed by atoms with E-state index in [1.165, 1.54) is 0 Å². The topological polar surface area (TPSA) is 49.3 Å². The summed E-state index contributed by atoms with van der Waals surface area (Å²) in [6.07, 6.45) is 0. The molecule has 1 fully saturated rings. The third-order valence-corrected chi connectivity index (χ3v) is 1.92. The van der Waals surface area contributed by atoms with Crippen molar-refractivity contribution >= 4 is 5.91 Å². The van der Waals surface area contributed by atoms with Gasteiger partial charge < -0.3 is 0 Å². The van der Waals surface area contributed by atoms with Crippen LogP contribution in [-0.2, 0) is 4.79 Å². The molecule has 2 N–H and O–H groups in total. The number of rotatable bonds is 1. The molecule has 1 heterocycles. The van der Waals surface area contributed by atoms with Crippen LogP contribution < -0.4 is 5.32 Å². The number of amides is 1. The highest BCUT2D eigenvalue weighted by atomic mass is 16.6. The van der Waals surface area contributed by atoms with E-state index in [2.05, 4.69) is 5.32 Å². The molecule has 0 aromatic heterocycles. The lowest BCUT2D eigenvalue weighted by Gasteiger charge is -2.29. The molecule has 4 heteroatoms. The number of nitrogens with zero attached hydrogens (tertiary/aromatic N) is 1. The first-order valence-corrected chi connectivity index (χ1v) is 3.53. The van der Waals surface area contributed by atoms with E-state index in [0.717, 1.165) is 6.54 Å². The van der Waals surface area contributed by atoms with Gasteiger partial charge in [0.15, 0.2) is 0 Å². The lowest BCUT2D eigenvalue weighted by molar-refractivity contribution is -1.04. The van der Waals surface area contributed by atoms with Crippen molar-refractivity contribution in [1.82, 2.24) is 5.32 Å². The SMILES string of the molecule is CC[N+]1(O)CCNCC1=O. The summed E-state index contributed by atoms with van der Waals surface area (Å²) < 4.78 is -0.396. The molecule has 0 radical (unpaired) electrons. The van der Waals surface area contributed by atoms with Crippen molar-refractivity contribution < 1.29 is 14.6 Å². The fourth-order valence-corrected chi connectivity index (χ4v) is 1.07. The largest absolute Gasteiger partial charge is 0.359 e. The Morgan fingerprint density at radius 3 is 2.90 bits per heavy atom. The van der Waals surface area contributed by atoms with Crippen LogP contribution in [0.15, 0.2) is 0 Å². The van der Waals surface area contributed by atoms with Crippen LogP contribution in [0.25, 0.3) is 0 Å². The number of hydrogen-bond acceptors (Lipinski definition) is 3. The first kappa shape index (κ1) is 7.65. The molecule has 10 heavy (non-hydrogen) atoms. The second-order valence-electron chi connectivity index (χ2n) is 2.53. The highest BCUT2D eigenvalue weighted by Crippen LogP contribution is 2.03. The fourth-order valence-electron chi connectivity index (χ4n) is 1.07. The van der Waals surface area contributed by atoms with Gasteiger partial charge in [-0.25, -0.2) is 10.0 Å². The molecule has 0 aliphatic carbocycles. The molecule has 1 amide bonds. The summed E-state index contributed by atoms with van der Waals surface area (Å²) in [5.41, 5.74) is 0. The van der Waals surface area contributed by atoms with Gasteiger partial charge in [0.2, 0.25) is 0 Å². The van der Waals surface area contributed by atoms with Gasteiger partial charge in [-0.05, 0) is 6.92 Å². The summed E-state index contributed by atoms with van der Waals surface area (Å²) in [4.78, 5) is 11.0. The summed E-state index contributed by atoms with van der Waals surface area (Å²) in [7, 11) is 0. The number of carbonyl (C=O) groups is 1. The van der Waals surface area contributed by atoms with Gasteiger partial charge in [0.25, 0.3) is 0 Å². The first-order chi connectivity index (χ1) is 4.69. The van der Waals surface area contributed by atoms with Gasteiger partial charge >= 0.3 is 5.91 Å². The lowest BCUT2D eigenvalue weighted by Crippen LogP contribution is -2.60. The predicted molar refractivity (Wildman–Crippen MR) is 35.3 cm³/mol. The zero-order chi connectivity index (χ0) is 7.61. The van der Waals surface area contributed by atoms with Gasteiger partial charge in [-0.15, -0.1) is 4.65 Å². The zero-order valence-corrected chi connectivity index (χ0v) is 6.13. The zero-order valence-electron chi connectivity index (χ0n) is 6.13. The van der Waals surface area contributed by atoms with E-state index < -0.39 is 4.65 Å². The highest BCUT2D eigenvalue weighted by Gasteiger charge is 2.35. The smallest absolute Gasteiger partial charge is 0.299 e. The lowest BCUT2D eigenvalue weighted by atomic mass is 10.3. The number of likely N-dealkylation sites (N-methyl/N-ethyl adjacent to an activating group) is 1. The third-order valence-electron chi connectivity index (χ3n) is 1.92. The molecule has 1 atom stereocenters. The molecule has 0 aromatic rings. The van der Waals surface area contributed by atoms with Crippen LogP contribution in [0.5, 0.6) is 0 Å². The quantitative estimate of drug-likeness (QED) is 0.380. The van der Waals surface area contributed by atoms with Crippen molar-refractivity contribution in [2.75, 3.05) is 26.2 Å². The van der Waals surface area contributed by atoms with Crippen molar-refractivity contribution in [2.24, 2.45) is 0 Å². The molecule has 1 saturated heterocycles. The maximum Gasteiger partial charge on any atom is 0.359 e. The molecule has 4 nitrogen and oxygen atoms in total. The molecule has 1 aliphatic rings. The second-order valence-corrected chi connectivity index (χ2v) is 2.53. The van der Waals surface area contributed by atoms with Crippen molar-refractivity contribution in [1.29, 1.82) is 0 Å². The number of nitrogens with one attached hydrogen (secondary N) is 1. The molecule has 1 rings (SSSR count). The number of hydrogen-bond donors (Lipinski definition) is 2. The Bertz CT molecular complexity index is 149. The van der Waals surface area contributed by atoms with Crippen LogP contribution in [0.4, 0.5) is 0 Å². The third kappa shape index (κ3) is 1.18. The van der Waals surface area contributed by atoms with Gasteiger partial charge in [-0.1, -0.05) is 0 Å². The molecular formula is C6H13N2O2+. The van der Waals surface area contributed by atoms with E-state index in [1.807, 2.05) is 6.92 Å². The summed E-state index contributed by atoms with van der Waals surface area (Å²) in [6, 6.07) is 0. The Balaban J connectivity index is 2.63. The van der Waals surface area contributed by atoms with Crippen molar-refractivity contribution in [3.05, 3.63) is 0 Å². The second kappa shape index (κ2) is 2.65. The van der Waals surface area contributed by atoms with Crippen LogP contribution in [0.2, 0.25) is 0 Å². The minimum Gasteiger partial charge on any atom is -0.299 e. The van der Waals surface area contributed by atoms with E-state index in [9.17, 15) is 10.0 Å². The molecule has 0 aromatic carbocycles. The molecule has 1 aliphatic heterocycles. The van der Waals surface area contributed by atoms with E-state index in [0.29, 0.717) is 19.6 Å². The molecule has 0 spiro atoms. The van der Waals surface area contributed by atoms with Gasteiger partial charge in [0.05, 0.1) is 0 Å². The Kier molecular flexibility index (Phi) is 2.03. The van der Waals surface area contributed by atoms with E-state index >= 15 is 0 Å². The van der Waals surface area contributed by atoms with Crippen molar-refractivity contribution in [3.8, 4) is 0 Å². The van der Waals surface area contributed by atoms with E-state index in [4.69, 9.17) is 0 Å². The standard InChI is InChI=1S/C6H13N2O2/c1-2-8(10)4-3-7-5-6(8)9/h7,10H,2-5H2,1H3/q+1.